The van der Waals surface area contributed by atoms with Crippen LogP contribution in [0.4, 0.5) is 0 Å². The number of benzene rings is 1. The zero-order valence-corrected chi connectivity index (χ0v) is 13.2. The first kappa shape index (κ1) is 17.5. The van der Waals surface area contributed by atoms with Crippen molar-refractivity contribution in [1.82, 2.24) is 10.2 Å². The van der Waals surface area contributed by atoms with Gasteiger partial charge in [-0.3, -0.25) is 9.59 Å². The number of likely N-dealkylation sites (N-methyl/N-ethyl adjacent to an activating group) is 1. The molecule has 1 saturated heterocycles. The number of rotatable bonds is 3. The molecule has 1 aliphatic rings. The van der Waals surface area contributed by atoms with Gasteiger partial charge in [-0.2, -0.15) is 0 Å². The Bertz CT molecular complexity index is 504. The smallest absolute Gasteiger partial charge is 0.241 e. The monoisotopic (exact) mass is 311 g/mol. The second kappa shape index (κ2) is 7.43. The molecule has 6 heteroatoms. The topological polar surface area (TPSA) is 75.4 Å². The van der Waals surface area contributed by atoms with E-state index in [-0.39, 0.29) is 30.3 Å². The fourth-order valence-electron chi connectivity index (χ4n) is 2.35. The van der Waals surface area contributed by atoms with E-state index < -0.39 is 6.04 Å². The van der Waals surface area contributed by atoms with Crippen molar-refractivity contribution in [3.8, 4) is 0 Å². The largest absolute Gasteiger partial charge is 0.350 e. The second-order valence-electron chi connectivity index (χ2n) is 5.41. The van der Waals surface area contributed by atoms with Gasteiger partial charge in [-0.25, -0.2) is 0 Å². The average Bonchev–Trinajstić information content (AvgIpc) is 2.43. The molecule has 116 valence electrons. The molecular formula is C15H22ClN3O2. The van der Waals surface area contributed by atoms with Crippen LogP contribution < -0.4 is 11.1 Å². The third-order valence-corrected chi connectivity index (χ3v) is 3.69. The van der Waals surface area contributed by atoms with Crippen molar-refractivity contribution in [1.29, 1.82) is 0 Å². The number of hydrogen-bond donors (Lipinski definition) is 2. The molecule has 2 rings (SSSR count). The van der Waals surface area contributed by atoms with E-state index in [0.29, 0.717) is 19.4 Å². The number of amides is 2. The van der Waals surface area contributed by atoms with Gasteiger partial charge in [0.25, 0.3) is 0 Å². The molecule has 0 saturated carbocycles. The van der Waals surface area contributed by atoms with Crippen LogP contribution in [0.3, 0.4) is 0 Å². The molecule has 2 amide bonds. The third kappa shape index (κ3) is 4.44. The number of likely N-dealkylation sites (tertiary alicyclic amines) is 1. The van der Waals surface area contributed by atoms with Crippen LogP contribution in [-0.4, -0.2) is 36.3 Å². The van der Waals surface area contributed by atoms with E-state index in [1.54, 1.807) is 11.9 Å². The summed E-state index contributed by atoms with van der Waals surface area (Å²) in [6, 6.07) is 6.94. The molecule has 2 atom stereocenters. The van der Waals surface area contributed by atoms with Crippen LogP contribution in [0.15, 0.2) is 24.3 Å². The number of hydrogen-bond acceptors (Lipinski definition) is 3. The van der Waals surface area contributed by atoms with Crippen molar-refractivity contribution in [3.05, 3.63) is 35.4 Å². The first-order chi connectivity index (χ1) is 9.47. The van der Waals surface area contributed by atoms with Gasteiger partial charge in [-0.05, 0) is 18.9 Å². The summed E-state index contributed by atoms with van der Waals surface area (Å²) < 4.78 is 0. The highest BCUT2D eigenvalue weighted by Gasteiger charge is 2.26. The zero-order chi connectivity index (χ0) is 14.7. The molecule has 5 nitrogen and oxygen atoms in total. The summed E-state index contributed by atoms with van der Waals surface area (Å²) in [7, 11) is 1.75. The maximum absolute atomic E-state index is 12.1. The van der Waals surface area contributed by atoms with Gasteiger partial charge in [0.15, 0.2) is 0 Å². The molecule has 1 fully saturated rings. The molecule has 0 aromatic heterocycles. The molecule has 0 radical (unpaired) electrons. The van der Waals surface area contributed by atoms with E-state index in [1.165, 1.54) is 0 Å². The van der Waals surface area contributed by atoms with Gasteiger partial charge in [-0.15, -0.1) is 12.4 Å². The van der Waals surface area contributed by atoms with Gasteiger partial charge < -0.3 is 16.0 Å². The number of piperidine rings is 1. The SMILES string of the molecule is Cc1ccc(C(N)C(=O)NC2CCC(=O)N(C)C2)cc1.Cl. The van der Waals surface area contributed by atoms with E-state index >= 15 is 0 Å². The van der Waals surface area contributed by atoms with Crippen LogP contribution in [0.1, 0.15) is 30.0 Å². The molecule has 1 aromatic carbocycles. The molecule has 21 heavy (non-hydrogen) atoms. The van der Waals surface area contributed by atoms with E-state index in [4.69, 9.17) is 5.73 Å². The van der Waals surface area contributed by atoms with E-state index in [1.807, 2.05) is 31.2 Å². The van der Waals surface area contributed by atoms with Crippen LogP contribution in [0.2, 0.25) is 0 Å². The van der Waals surface area contributed by atoms with Crippen molar-refractivity contribution in [3.63, 3.8) is 0 Å². The fraction of sp³-hybridized carbons (Fsp3) is 0.467. The molecular weight excluding hydrogens is 290 g/mol. The highest BCUT2D eigenvalue weighted by Crippen LogP contribution is 2.14. The lowest BCUT2D eigenvalue weighted by molar-refractivity contribution is -0.134. The minimum absolute atomic E-state index is 0. The minimum atomic E-state index is -0.668. The molecule has 0 bridgehead atoms. The summed E-state index contributed by atoms with van der Waals surface area (Å²) in [5.74, 6) is -0.0695. The van der Waals surface area contributed by atoms with E-state index in [0.717, 1.165) is 11.1 Å². The lowest BCUT2D eigenvalue weighted by Crippen LogP contribution is -2.50. The molecule has 1 aromatic rings. The lowest BCUT2D eigenvalue weighted by Gasteiger charge is -2.30. The Morgan fingerprint density at radius 2 is 2.00 bits per heavy atom. The van der Waals surface area contributed by atoms with Gasteiger partial charge in [0.1, 0.15) is 6.04 Å². The Morgan fingerprint density at radius 3 is 2.57 bits per heavy atom. The van der Waals surface area contributed by atoms with Crippen molar-refractivity contribution in [2.75, 3.05) is 13.6 Å². The second-order valence-corrected chi connectivity index (χ2v) is 5.41. The van der Waals surface area contributed by atoms with E-state index in [2.05, 4.69) is 5.32 Å². The maximum atomic E-state index is 12.1. The van der Waals surface area contributed by atoms with Crippen LogP contribution in [0, 0.1) is 6.92 Å². The molecule has 3 N–H and O–H groups in total. The molecule has 1 heterocycles. The first-order valence-electron chi connectivity index (χ1n) is 6.84. The van der Waals surface area contributed by atoms with Crippen LogP contribution in [-0.2, 0) is 9.59 Å². The first-order valence-corrected chi connectivity index (χ1v) is 6.84. The summed E-state index contributed by atoms with van der Waals surface area (Å²) in [6.07, 6.45) is 1.15. The highest BCUT2D eigenvalue weighted by atomic mass is 35.5. The Hall–Kier alpha value is -1.59. The number of nitrogens with two attached hydrogens (primary N) is 1. The third-order valence-electron chi connectivity index (χ3n) is 3.69. The minimum Gasteiger partial charge on any atom is -0.350 e. The van der Waals surface area contributed by atoms with Gasteiger partial charge in [0.2, 0.25) is 11.8 Å². The van der Waals surface area contributed by atoms with Crippen molar-refractivity contribution >= 4 is 24.2 Å². The fourth-order valence-corrected chi connectivity index (χ4v) is 2.35. The highest BCUT2D eigenvalue weighted by molar-refractivity contribution is 5.85. The summed E-state index contributed by atoms with van der Waals surface area (Å²) in [5.41, 5.74) is 7.91. The normalized spacial score (nSPS) is 19.7. The van der Waals surface area contributed by atoms with Crippen LogP contribution >= 0.6 is 12.4 Å². The molecule has 0 spiro atoms. The number of nitrogens with one attached hydrogen (secondary N) is 1. The maximum Gasteiger partial charge on any atom is 0.241 e. The Kier molecular flexibility index (Phi) is 6.18. The summed E-state index contributed by atoms with van der Waals surface area (Å²) in [4.78, 5) is 25.2. The zero-order valence-electron chi connectivity index (χ0n) is 12.3. The van der Waals surface area contributed by atoms with Gasteiger partial charge in [0, 0.05) is 26.1 Å². The predicted molar refractivity (Wildman–Crippen MR) is 84.2 cm³/mol. The summed E-state index contributed by atoms with van der Waals surface area (Å²) >= 11 is 0. The van der Waals surface area contributed by atoms with Gasteiger partial charge in [-0.1, -0.05) is 29.8 Å². The number of nitrogens with zero attached hydrogens (tertiary/aromatic N) is 1. The lowest BCUT2D eigenvalue weighted by atomic mass is 10.0. The van der Waals surface area contributed by atoms with Crippen LogP contribution in [0.25, 0.3) is 0 Å². The van der Waals surface area contributed by atoms with Crippen molar-refractivity contribution in [2.45, 2.75) is 31.8 Å². The standard InChI is InChI=1S/C15H21N3O2.ClH/c1-10-3-5-11(6-4-10)14(16)15(20)17-12-7-8-13(19)18(2)9-12;/h3-6,12,14H,7-9,16H2,1-2H3,(H,17,20);1H. The molecule has 0 aliphatic carbocycles. The van der Waals surface area contributed by atoms with E-state index in [9.17, 15) is 9.59 Å². The number of carbonyl (C=O) groups is 2. The Labute approximate surface area is 131 Å². The van der Waals surface area contributed by atoms with Gasteiger partial charge >= 0.3 is 0 Å². The summed E-state index contributed by atoms with van der Waals surface area (Å²) in [5, 5.41) is 2.92. The van der Waals surface area contributed by atoms with Crippen molar-refractivity contribution < 1.29 is 9.59 Å². The van der Waals surface area contributed by atoms with Gasteiger partial charge in [0.05, 0.1) is 0 Å². The number of halogens is 1. The van der Waals surface area contributed by atoms with Crippen molar-refractivity contribution in [2.24, 2.45) is 5.73 Å². The molecule has 1 aliphatic heterocycles. The number of aryl methyl sites for hydroxylation is 1. The predicted octanol–water partition coefficient (Wildman–Crippen LogP) is 1.15. The summed E-state index contributed by atoms with van der Waals surface area (Å²) in [6.45, 7) is 2.54. The Morgan fingerprint density at radius 1 is 1.38 bits per heavy atom. The average molecular weight is 312 g/mol. The van der Waals surface area contributed by atoms with Crippen LogP contribution in [0.5, 0.6) is 0 Å². The number of carbonyl (C=O) groups excluding carboxylic acids is 2. The Balaban J connectivity index is 0.00000220. The molecule has 2 unspecified atom stereocenters. The quantitative estimate of drug-likeness (QED) is 0.879.